The Kier molecular flexibility index (Phi) is 7.25. The summed E-state index contributed by atoms with van der Waals surface area (Å²) >= 11 is 0. The van der Waals surface area contributed by atoms with Crippen molar-refractivity contribution in [2.24, 2.45) is 0 Å². The first-order valence-corrected chi connectivity index (χ1v) is 9.94. The minimum Gasteiger partial charge on any atom is -0.496 e. The van der Waals surface area contributed by atoms with Crippen LogP contribution in [0, 0.1) is 6.92 Å². The Balaban J connectivity index is 1.34. The molecule has 1 aromatic heterocycles. The lowest BCUT2D eigenvalue weighted by atomic mass is 10.1. The van der Waals surface area contributed by atoms with Gasteiger partial charge in [0.05, 0.1) is 12.8 Å². The third-order valence-electron chi connectivity index (χ3n) is 5.21. The molecule has 0 aliphatic carbocycles. The number of carbonyl (C=O) groups excluding carboxylic acids is 1. The second-order valence-electron chi connectivity index (χ2n) is 7.33. The number of urea groups is 1. The lowest BCUT2D eigenvalue weighted by Gasteiger charge is -2.32. The fourth-order valence-corrected chi connectivity index (χ4v) is 3.53. The largest absolute Gasteiger partial charge is 0.496 e. The van der Waals surface area contributed by atoms with Crippen LogP contribution in [0.1, 0.15) is 29.7 Å². The van der Waals surface area contributed by atoms with E-state index in [1.807, 2.05) is 37.4 Å². The summed E-state index contributed by atoms with van der Waals surface area (Å²) in [6.45, 7) is 5.46. The van der Waals surface area contributed by atoms with Crippen LogP contribution in [-0.2, 0) is 13.0 Å². The molecule has 2 N–H and O–H groups in total. The van der Waals surface area contributed by atoms with Crippen LogP contribution in [0.15, 0.2) is 42.6 Å². The number of likely N-dealkylation sites (tertiary alicyclic amines) is 1. The van der Waals surface area contributed by atoms with Crippen molar-refractivity contribution in [3.8, 4) is 5.75 Å². The van der Waals surface area contributed by atoms with E-state index in [1.165, 1.54) is 0 Å². The molecule has 2 amide bonds. The summed E-state index contributed by atoms with van der Waals surface area (Å²) in [5.74, 6) is 0.888. The summed E-state index contributed by atoms with van der Waals surface area (Å²) in [6, 6.07) is 12.3. The number of rotatable bonds is 7. The van der Waals surface area contributed by atoms with Crippen molar-refractivity contribution in [3.63, 3.8) is 0 Å². The Labute approximate surface area is 167 Å². The normalized spacial score (nSPS) is 15.2. The van der Waals surface area contributed by atoms with E-state index in [0.717, 1.165) is 61.5 Å². The minimum absolute atomic E-state index is 0.0812. The molecule has 2 heterocycles. The Morgan fingerprint density at radius 2 is 2.07 bits per heavy atom. The Hall–Kier alpha value is -2.60. The van der Waals surface area contributed by atoms with Crippen LogP contribution in [0.3, 0.4) is 0 Å². The highest BCUT2D eigenvalue weighted by atomic mass is 16.5. The van der Waals surface area contributed by atoms with Gasteiger partial charge in [0.1, 0.15) is 5.75 Å². The minimum atomic E-state index is -0.0812. The predicted molar refractivity (Wildman–Crippen MR) is 111 cm³/mol. The van der Waals surface area contributed by atoms with Crippen molar-refractivity contribution >= 4 is 6.03 Å². The van der Waals surface area contributed by atoms with Gasteiger partial charge in [0, 0.05) is 38.4 Å². The number of methoxy groups -OCH3 is 1. The number of amides is 2. The first kappa shape index (κ1) is 20.1. The number of carbonyl (C=O) groups is 1. The van der Waals surface area contributed by atoms with Gasteiger partial charge in [-0.1, -0.05) is 18.2 Å². The van der Waals surface area contributed by atoms with E-state index in [-0.39, 0.29) is 12.1 Å². The topological polar surface area (TPSA) is 66.5 Å². The number of pyridine rings is 1. The SMILES string of the molecule is COc1cc(CCNC(=O)NC2CCN(Cc3ccccn3)CC2)ccc1C. The zero-order chi connectivity index (χ0) is 19.8. The summed E-state index contributed by atoms with van der Waals surface area (Å²) in [5, 5.41) is 6.07. The van der Waals surface area contributed by atoms with Gasteiger partial charge in [-0.3, -0.25) is 9.88 Å². The number of hydrogen-bond donors (Lipinski definition) is 2. The molecule has 0 radical (unpaired) electrons. The smallest absolute Gasteiger partial charge is 0.315 e. The van der Waals surface area contributed by atoms with Gasteiger partial charge < -0.3 is 15.4 Å². The molecule has 0 unspecified atom stereocenters. The van der Waals surface area contributed by atoms with E-state index < -0.39 is 0 Å². The number of benzene rings is 1. The lowest BCUT2D eigenvalue weighted by molar-refractivity contribution is 0.185. The molecule has 28 heavy (non-hydrogen) atoms. The second-order valence-corrected chi connectivity index (χ2v) is 7.33. The summed E-state index contributed by atoms with van der Waals surface area (Å²) in [5.41, 5.74) is 3.37. The molecular formula is C22H30N4O2. The maximum absolute atomic E-state index is 12.2. The molecular weight excluding hydrogens is 352 g/mol. The van der Waals surface area contributed by atoms with Crippen molar-refractivity contribution in [2.75, 3.05) is 26.7 Å². The number of nitrogens with one attached hydrogen (secondary N) is 2. The Morgan fingerprint density at radius 3 is 2.79 bits per heavy atom. The lowest BCUT2D eigenvalue weighted by Crippen LogP contribution is -2.48. The quantitative estimate of drug-likeness (QED) is 0.773. The van der Waals surface area contributed by atoms with E-state index in [4.69, 9.17) is 4.74 Å². The molecule has 0 atom stereocenters. The van der Waals surface area contributed by atoms with Crippen LogP contribution in [0.4, 0.5) is 4.79 Å². The molecule has 6 nitrogen and oxygen atoms in total. The van der Waals surface area contributed by atoms with Crippen molar-refractivity contribution in [3.05, 3.63) is 59.4 Å². The Morgan fingerprint density at radius 1 is 1.25 bits per heavy atom. The third kappa shape index (κ3) is 5.96. The molecule has 3 rings (SSSR count). The predicted octanol–water partition coefficient (Wildman–Crippen LogP) is 2.90. The maximum atomic E-state index is 12.2. The van der Waals surface area contributed by atoms with Crippen molar-refractivity contribution in [1.82, 2.24) is 20.5 Å². The van der Waals surface area contributed by atoms with E-state index in [9.17, 15) is 4.79 Å². The zero-order valence-corrected chi connectivity index (χ0v) is 16.8. The second kappa shape index (κ2) is 10.1. The van der Waals surface area contributed by atoms with E-state index in [2.05, 4.69) is 32.7 Å². The van der Waals surface area contributed by atoms with Gasteiger partial charge >= 0.3 is 6.03 Å². The summed E-state index contributed by atoms with van der Waals surface area (Å²) in [6.07, 6.45) is 4.55. The fraction of sp³-hybridized carbons (Fsp3) is 0.455. The molecule has 0 bridgehead atoms. The van der Waals surface area contributed by atoms with Gasteiger partial charge in [-0.15, -0.1) is 0 Å². The monoisotopic (exact) mass is 382 g/mol. The fourth-order valence-electron chi connectivity index (χ4n) is 3.53. The van der Waals surface area contributed by atoms with Crippen LogP contribution in [0.2, 0.25) is 0 Å². The molecule has 1 fully saturated rings. The summed E-state index contributed by atoms with van der Waals surface area (Å²) in [7, 11) is 1.68. The highest BCUT2D eigenvalue weighted by molar-refractivity contribution is 5.74. The Bertz CT molecular complexity index is 758. The van der Waals surface area contributed by atoms with Gasteiger partial charge in [0.25, 0.3) is 0 Å². The summed E-state index contributed by atoms with van der Waals surface area (Å²) < 4.78 is 5.35. The van der Waals surface area contributed by atoms with Gasteiger partial charge in [-0.05, 0) is 55.5 Å². The number of piperidine rings is 1. The molecule has 0 saturated carbocycles. The molecule has 1 aliphatic heterocycles. The van der Waals surface area contributed by atoms with Crippen LogP contribution in [0.5, 0.6) is 5.75 Å². The van der Waals surface area contributed by atoms with E-state index >= 15 is 0 Å². The number of nitrogens with zero attached hydrogens (tertiary/aromatic N) is 2. The summed E-state index contributed by atoms with van der Waals surface area (Å²) in [4.78, 5) is 19.0. The van der Waals surface area contributed by atoms with Crippen LogP contribution in [-0.4, -0.2) is 48.7 Å². The number of ether oxygens (including phenoxy) is 1. The van der Waals surface area contributed by atoms with Gasteiger partial charge in [-0.25, -0.2) is 4.79 Å². The number of aryl methyl sites for hydroxylation is 1. The third-order valence-corrected chi connectivity index (χ3v) is 5.21. The molecule has 6 heteroatoms. The average Bonchev–Trinajstić information content (AvgIpc) is 2.71. The highest BCUT2D eigenvalue weighted by Crippen LogP contribution is 2.19. The number of aromatic nitrogens is 1. The molecule has 0 spiro atoms. The van der Waals surface area contributed by atoms with Crippen LogP contribution in [0.25, 0.3) is 0 Å². The highest BCUT2D eigenvalue weighted by Gasteiger charge is 2.20. The van der Waals surface area contributed by atoms with Crippen molar-refractivity contribution < 1.29 is 9.53 Å². The molecule has 1 aliphatic rings. The first-order valence-electron chi connectivity index (χ1n) is 9.94. The van der Waals surface area contributed by atoms with Gasteiger partial charge in [0.15, 0.2) is 0 Å². The van der Waals surface area contributed by atoms with E-state index in [0.29, 0.717) is 6.54 Å². The standard InChI is InChI=1S/C22H30N4O2/c1-17-6-7-18(15-21(17)28-2)8-12-24-22(27)25-19-9-13-26(14-10-19)16-20-5-3-4-11-23-20/h3-7,11,15,19H,8-10,12-14,16H2,1-2H3,(H2,24,25,27). The van der Waals surface area contributed by atoms with Crippen molar-refractivity contribution in [2.45, 2.75) is 38.8 Å². The van der Waals surface area contributed by atoms with Crippen LogP contribution < -0.4 is 15.4 Å². The maximum Gasteiger partial charge on any atom is 0.315 e. The van der Waals surface area contributed by atoms with Crippen LogP contribution >= 0.6 is 0 Å². The van der Waals surface area contributed by atoms with Crippen molar-refractivity contribution in [1.29, 1.82) is 0 Å². The zero-order valence-electron chi connectivity index (χ0n) is 16.8. The molecule has 1 aromatic carbocycles. The molecule has 1 saturated heterocycles. The molecule has 150 valence electrons. The first-order chi connectivity index (χ1) is 13.6. The van der Waals surface area contributed by atoms with Gasteiger partial charge in [0.2, 0.25) is 0 Å². The average molecular weight is 383 g/mol. The molecule has 2 aromatic rings. The van der Waals surface area contributed by atoms with E-state index in [1.54, 1.807) is 7.11 Å². The van der Waals surface area contributed by atoms with Gasteiger partial charge in [-0.2, -0.15) is 0 Å². The number of hydrogen-bond acceptors (Lipinski definition) is 4.